The molecule has 2 heterocycles. The number of piperazine rings is 1. The number of nitrogens with zero attached hydrogens (tertiary/aromatic N) is 3. The summed E-state index contributed by atoms with van der Waals surface area (Å²) in [6.07, 6.45) is 2.65. The zero-order valence-corrected chi connectivity index (χ0v) is 13.6. The molecule has 1 atom stereocenters. The van der Waals surface area contributed by atoms with E-state index >= 15 is 0 Å². The van der Waals surface area contributed by atoms with Crippen molar-refractivity contribution in [1.29, 1.82) is 0 Å². The molecule has 1 unspecified atom stereocenters. The third-order valence-electron chi connectivity index (χ3n) is 3.12. The third-order valence-corrected chi connectivity index (χ3v) is 4.62. The Morgan fingerprint density at radius 2 is 2.05 bits per heavy atom. The maximum atomic E-state index is 12.2. The zero-order chi connectivity index (χ0) is 14.8. The summed E-state index contributed by atoms with van der Waals surface area (Å²) in [5, 5.41) is 6.96. The summed E-state index contributed by atoms with van der Waals surface area (Å²) in [6.45, 7) is 4.20. The monoisotopic (exact) mass is 337 g/mol. The third kappa shape index (κ3) is 4.40. The van der Waals surface area contributed by atoms with Gasteiger partial charge in [0.15, 0.2) is 0 Å². The van der Waals surface area contributed by atoms with E-state index in [9.17, 15) is 13.2 Å². The van der Waals surface area contributed by atoms with E-state index in [1.807, 2.05) is 0 Å². The van der Waals surface area contributed by atoms with Crippen LogP contribution >= 0.6 is 12.4 Å². The van der Waals surface area contributed by atoms with Crippen LogP contribution in [0.15, 0.2) is 17.3 Å². The number of rotatable bonds is 4. The summed E-state index contributed by atoms with van der Waals surface area (Å²) in [4.78, 5) is 13.9. The van der Waals surface area contributed by atoms with Gasteiger partial charge in [0.2, 0.25) is 15.9 Å². The minimum Gasteiger partial charge on any atom is -0.339 e. The molecule has 2 rings (SSSR count). The summed E-state index contributed by atoms with van der Waals surface area (Å²) in [7, 11) is -2.09. The fraction of sp³-hybridized carbons (Fsp3) is 0.636. The van der Waals surface area contributed by atoms with Gasteiger partial charge in [-0.3, -0.25) is 9.48 Å². The molecule has 1 aromatic heterocycles. The van der Waals surface area contributed by atoms with Crippen molar-refractivity contribution in [1.82, 2.24) is 24.7 Å². The number of aromatic nitrogens is 2. The molecule has 1 aromatic rings. The standard InChI is InChI=1S/C11H19N5O3S.ClH/c1-9(11(17)16-5-3-12-4-6-16)14-20(18,19)10-7-13-15(2)8-10;/h7-9,12,14H,3-6H2,1-2H3;1H. The topological polar surface area (TPSA) is 96.3 Å². The first-order valence-electron chi connectivity index (χ1n) is 6.40. The van der Waals surface area contributed by atoms with Crippen molar-refractivity contribution >= 4 is 28.3 Å². The van der Waals surface area contributed by atoms with Gasteiger partial charge in [-0.25, -0.2) is 8.42 Å². The van der Waals surface area contributed by atoms with E-state index in [1.165, 1.54) is 17.1 Å². The van der Waals surface area contributed by atoms with Crippen molar-refractivity contribution < 1.29 is 13.2 Å². The van der Waals surface area contributed by atoms with Crippen LogP contribution in [0.25, 0.3) is 0 Å². The van der Waals surface area contributed by atoms with E-state index in [0.717, 1.165) is 13.1 Å². The molecule has 0 aromatic carbocycles. The van der Waals surface area contributed by atoms with E-state index in [-0.39, 0.29) is 23.2 Å². The van der Waals surface area contributed by atoms with Gasteiger partial charge in [0.1, 0.15) is 4.90 Å². The maximum absolute atomic E-state index is 12.2. The van der Waals surface area contributed by atoms with Gasteiger partial charge in [-0.15, -0.1) is 12.4 Å². The molecular weight excluding hydrogens is 318 g/mol. The Morgan fingerprint density at radius 3 is 2.57 bits per heavy atom. The molecule has 1 fully saturated rings. The Hall–Kier alpha value is -1.16. The lowest BCUT2D eigenvalue weighted by molar-refractivity contribution is -0.133. The van der Waals surface area contributed by atoms with Crippen molar-refractivity contribution in [2.45, 2.75) is 17.9 Å². The van der Waals surface area contributed by atoms with Gasteiger partial charge in [-0.05, 0) is 6.92 Å². The molecular formula is C11H20ClN5O3S. The molecule has 10 heteroatoms. The second-order valence-corrected chi connectivity index (χ2v) is 6.48. The minimum absolute atomic E-state index is 0. The Labute approximate surface area is 130 Å². The van der Waals surface area contributed by atoms with Gasteiger partial charge < -0.3 is 10.2 Å². The molecule has 1 amide bonds. The number of amides is 1. The number of sulfonamides is 1. The van der Waals surface area contributed by atoms with Crippen LogP contribution < -0.4 is 10.0 Å². The van der Waals surface area contributed by atoms with E-state index in [1.54, 1.807) is 18.9 Å². The van der Waals surface area contributed by atoms with E-state index in [4.69, 9.17) is 0 Å². The van der Waals surface area contributed by atoms with Crippen LogP contribution in [0.2, 0.25) is 0 Å². The molecule has 0 radical (unpaired) electrons. The summed E-state index contributed by atoms with van der Waals surface area (Å²) in [6, 6.07) is -0.793. The zero-order valence-electron chi connectivity index (χ0n) is 11.9. The second-order valence-electron chi connectivity index (χ2n) is 4.77. The number of hydrogen-bond acceptors (Lipinski definition) is 5. The predicted octanol–water partition coefficient (Wildman–Crippen LogP) is -1.06. The Kier molecular flexibility index (Phi) is 6.14. The van der Waals surface area contributed by atoms with Gasteiger partial charge >= 0.3 is 0 Å². The highest BCUT2D eigenvalue weighted by Crippen LogP contribution is 2.08. The number of halogens is 1. The van der Waals surface area contributed by atoms with Crippen molar-refractivity contribution in [3.8, 4) is 0 Å². The first-order chi connectivity index (χ1) is 9.40. The Morgan fingerprint density at radius 1 is 1.43 bits per heavy atom. The smallest absolute Gasteiger partial charge is 0.244 e. The summed E-state index contributed by atoms with van der Waals surface area (Å²) in [5.41, 5.74) is 0. The molecule has 0 saturated carbocycles. The maximum Gasteiger partial charge on any atom is 0.244 e. The summed E-state index contributed by atoms with van der Waals surface area (Å²) in [5.74, 6) is -0.209. The van der Waals surface area contributed by atoms with Gasteiger partial charge in [0, 0.05) is 39.4 Å². The molecule has 21 heavy (non-hydrogen) atoms. The van der Waals surface area contributed by atoms with Crippen LogP contribution in [0, 0.1) is 0 Å². The van der Waals surface area contributed by atoms with Gasteiger partial charge in [0.05, 0.1) is 12.2 Å². The van der Waals surface area contributed by atoms with Crippen molar-refractivity contribution in [2.24, 2.45) is 7.05 Å². The normalized spacial score (nSPS) is 17.1. The van der Waals surface area contributed by atoms with Crippen molar-refractivity contribution in [2.75, 3.05) is 26.2 Å². The predicted molar refractivity (Wildman–Crippen MR) is 79.7 cm³/mol. The van der Waals surface area contributed by atoms with Crippen molar-refractivity contribution in [3.05, 3.63) is 12.4 Å². The number of carbonyl (C=O) groups excluding carboxylic acids is 1. The van der Waals surface area contributed by atoms with Crippen LogP contribution in [0.1, 0.15) is 6.92 Å². The summed E-state index contributed by atoms with van der Waals surface area (Å²) >= 11 is 0. The van der Waals surface area contributed by atoms with E-state index < -0.39 is 16.1 Å². The first-order valence-corrected chi connectivity index (χ1v) is 7.89. The molecule has 120 valence electrons. The number of carbonyl (C=O) groups is 1. The molecule has 2 N–H and O–H groups in total. The van der Waals surface area contributed by atoms with Crippen LogP contribution in [-0.2, 0) is 21.9 Å². The Balaban J connectivity index is 0.00000220. The molecule has 0 aliphatic carbocycles. The summed E-state index contributed by atoms with van der Waals surface area (Å²) < 4.78 is 28.0. The van der Waals surface area contributed by atoms with E-state index in [0.29, 0.717) is 13.1 Å². The highest BCUT2D eigenvalue weighted by Gasteiger charge is 2.27. The van der Waals surface area contributed by atoms with E-state index in [2.05, 4.69) is 15.1 Å². The van der Waals surface area contributed by atoms with Gasteiger partial charge in [-0.2, -0.15) is 9.82 Å². The lowest BCUT2D eigenvalue weighted by Gasteiger charge is -2.29. The largest absolute Gasteiger partial charge is 0.339 e. The molecule has 1 aliphatic rings. The SMILES string of the molecule is CC(NS(=O)(=O)c1cnn(C)c1)C(=O)N1CCNCC1.Cl. The molecule has 0 spiro atoms. The molecule has 1 aliphatic heterocycles. The van der Waals surface area contributed by atoms with Gasteiger partial charge in [-0.1, -0.05) is 0 Å². The van der Waals surface area contributed by atoms with Gasteiger partial charge in [0.25, 0.3) is 0 Å². The number of aryl methyl sites for hydroxylation is 1. The molecule has 8 nitrogen and oxygen atoms in total. The first kappa shape index (κ1) is 17.9. The van der Waals surface area contributed by atoms with Crippen molar-refractivity contribution in [3.63, 3.8) is 0 Å². The number of nitrogens with one attached hydrogen (secondary N) is 2. The molecule has 0 bridgehead atoms. The van der Waals surface area contributed by atoms with Crippen LogP contribution in [-0.4, -0.2) is 61.2 Å². The Bertz CT molecular complexity index is 582. The number of hydrogen-bond donors (Lipinski definition) is 2. The fourth-order valence-corrected chi connectivity index (χ4v) is 3.23. The highest BCUT2D eigenvalue weighted by atomic mass is 35.5. The quantitative estimate of drug-likeness (QED) is 0.730. The average Bonchev–Trinajstić information content (AvgIpc) is 2.86. The van der Waals surface area contributed by atoms with Crippen LogP contribution in [0.3, 0.4) is 0 Å². The minimum atomic E-state index is -3.72. The fourth-order valence-electron chi connectivity index (χ4n) is 2.05. The second kappa shape index (κ2) is 7.21. The molecule has 1 saturated heterocycles. The van der Waals surface area contributed by atoms with Crippen LogP contribution in [0.5, 0.6) is 0 Å². The average molecular weight is 338 g/mol. The van der Waals surface area contributed by atoms with Crippen LogP contribution in [0.4, 0.5) is 0 Å². The highest BCUT2D eigenvalue weighted by molar-refractivity contribution is 7.89. The lowest BCUT2D eigenvalue weighted by Crippen LogP contribution is -2.53. The lowest BCUT2D eigenvalue weighted by atomic mass is 10.2.